The van der Waals surface area contributed by atoms with Gasteiger partial charge in [0.2, 0.25) is 5.91 Å². The van der Waals surface area contributed by atoms with E-state index in [1.54, 1.807) is 6.92 Å². The van der Waals surface area contributed by atoms with Gasteiger partial charge in [0.15, 0.2) is 0 Å². The van der Waals surface area contributed by atoms with E-state index in [4.69, 9.17) is 0 Å². The third-order valence-corrected chi connectivity index (χ3v) is 5.38. The van der Waals surface area contributed by atoms with Crippen LogP contribution in [0.4, 0.5) is 0 Å². The average molecular weight is 319 g/mol. The Hall–Kier alpha value is -1.40. The zero-order valence-electron chi connectivity index (χ0n) is 14.6. The van der Waals surface area contributed by atoms with Crippen molar-refractivity contribution in [2.75, 3.05) is 39.3 Å². The number of amides is 1. The number of hydrogen-bond donors (Lipinski definition) is 0. The van der Waals surface area contributed by atoms with Crippen molar-refractivity contribution < 1.29 is 4.79 Å². The van der Waals surface area contributed by atoms with Crippen LogP contribution in [0.2, 0.25) is 0 Å². The van der Waals surface area contributed by atoms with Crippen molar-refractivity contribution in [3.63, 3.8) is 0 Å². The first-order valence-corrected chi connectivity index (χ1v) is 8.80. The molecule has 0 unspecified atom stereocenters. The van der Waals surface area contributed by atoms with Crippen LogP contribution in [-0.2, 0) is 17.9 Å². The first-order chi connectivity index (χ1) is 11.1. The zero-order valence-corrected chi connectivity index (χ0v) is 14.6. The van der Waals surface area contributed by atoms with Gasteiger partial charge in [0.05, 0.1) is 6.54 Å². The van der Waals surface area contributed by atoms with Gasteiger partial charge in [0.1, 0.15) is 5.82 Å². The number of likely N-dealkylation sites (tertiary alicyclic amines) is 1. The lowest BCUT2D eigenvalue weighted by Gasteiger charge is -2.39. The van der Waals surface area contributed by atoms with Gasteiger partial charge in [-0.2, -0.15) is 0 Å². The van der Waals surface area contributed by atoms with Gasteiger partial charge < -0.3 is 9.47 Å². The summed E-state index contributed by atoms with van der Waals surface area (Å²) >= 11 is 0. The molecule has 0 radical (unpaired) electrons. The minimum atomic E-state index is 0.206. The zero-order chi connectivity index (χ0) is 16.4. The van der Waals surface area contributed by atoms with Crippen LogP contribution in [0, 0.1) is 5.92 Å². The van der Waals surface area contributed by atoms with E-state index in [2.05, 4.69) is 39.4 Å². The van der Waals surface area contributed by atoms with E-state index in [9.17, 15) is 4.79 Å². The molecule has 6 heteroatoms. The summed E-state index contributed by atoms with van der Waals surface area (Å²) in [5, 5.41) is 0. The number of imidazole rings is 1. The summed E-state index contributed by atoms with van der Waals surface area (Å²) in [6.45, 7) is 14.1. The number of aryl methyl sites for hydroxylation is 1. The molecule has 1 aromatic heterocycles. The molecule has 2 atom stereocenters. The topological polar surface area (TPSA) is 44.6 Å². The standard InChI is InChI=1S/C17H29N5O/c1-4-20-6-5-18-17(20)13-19-11-14(2)16(12-19)22-9-7-21(8-10-22)15(3)23/h5-6,14,16H,4,7-13H2,1-3H3/t14-,16-/m1/s1. The number of nitrogens with zero attached hydrogens (tertiary/aromatic N) is 5. The highest BCUT2D eigenvalue weighted by Gasteiger charge is 2.35. The lowest BCUT2D eigenvalue weighted by atomic mass is 10.0. The Balaban J connectivity index is 1.56. The number of hydrogen-bond acceptors (Lipinski definition) is 4. The molecule has 3 heterocycles. The Bertz CT molecular complexity index is 535. The summed E-state index contributed by atoms with van der Waals surface area (Å²) in [6, 6.07) is 0.606. The second kappa shape index (κ2) is 7.01. The summed E-state index contributed by atoms with van der Waals surface area (Å²) in [7, 11) is 0. The van der Waals surface area contributed by atoms with Gasteiger partial charge in [0, 0.05) is 71.2 Å². The highest BCUT2D eigenvalue weighted by molar-refractivity contribution is 5.73. The van der Waals surface area contributed by atoms with Crippen molar-refractivity contribution in [3.05, 3.63) is 18.2 Å². The van der Waals surface area contributed by atoms with Crippen LogP contribution in [0.15, 0.2) is 12.4 Å². The molecule has 23 heavy (non-hydrogen) atoms. The van der Waals surface area contributed by atoms with E-state index in [1.165, 1.54) is 5.82 Å². The molecule has 0 saturated carbocycles. The van der Waals surface area contributed by atoms with E-state index in [-0.39, 0.29) is 5.91 Å². The van der Waals surface area contributed by atoms with Crippen LogP contribution >= 0.6 is 0 Å². The van der Waals surface area contributed by atoms with Gasteiger partial charge in [-0.25, -0.2) is 4.98 Å². The third kappa shape index (κ3) is 3.58. The molecular formula is C17H29N5O. The Kier molecular flexibility index (Phi) is 5.02. The highest BCUT2D eigenvalue weighted by Crippen LogP contribution is 2.24. The predicted octanol–water partition coefficient (Wildman–Crippen LogP) is 0.887. The van der Waals surface area contributed by atoms with Gasteiger partial charge in [-0.05, 0) is 12.8 Å². The molecular weight excluding hydrogens is 290 g/mol. The highest BCUT2D eigenvalue weighted by atomic mass is 16.2. The predicted molar refractivity (Wildman–Crippen MR) is 90.0 cm³/mol. The van der Waals surface area contributed by atoms with Crippen molar-refractivity contribution in [2.45, 2.75) is 39.9 Å². The van der Waals surface area contributed by atoms with Gasteiger partial charge in [-0.15, -0.1) is 0 Å². The van der Waals surface area contributed by atoms with Gasteiger partial charge in [0.25, 0.3) is 0 Å². The number of rotatable bonds is 4. The molecule has 0 aromatic carbocycles. The van der Waals surface area contributed by atoms with E-state index >= 15 is 0 Å². The molecule has 0 bridgehead atoms. The Morgan fingerprint density at radius 2 is 2.00 bits per heavy atom. The molecule has 1 amide bonds. The lowest BCUT2D eigenvalue weighted by molar-refractivity contribution is -0.130. The Morgan fingerprint density at radius 3 is 2.65 bits per heavy atom. The van der Waals surface area contributed by atoms with Crippen molar-refractivity contribution in [1.29, 1.82) is 0 Å². The maximum Gasteiger partial charge on any atom is 0.219 e. The molecule has 6 nitrogen and oxygen atoms in total. The summed E-state index contributed by atoms with van der Waals surface area (Å²) in [5.41, 5.74) is 0. The molecule has 2 aliphatic heterocycles. The summed E-state index contributed by atoms with van der Waals surface area (Å²) in [4.78, 5) is 23.1. The van der Waals surface area contributed by atoms with Crippen molar-refractivity contribution in [3.8, 4) is 0 Å². The molecule has 0 aliphatic carbocycles. The fourth-order valence-electron chi connectivity index (χ4n) is 4.00. The fraction of sp³-hybridized carbons (Fsp3) is 0.765. The molecule has 0 N–H and O–H groups in total. The maximum absolute atomic E-state index is 11.5. The minimum absolute atomic E-state index is 0.206. The van der Waals surface area contributed by atoms with Crippen LogP contribution in [0.5, 0.6) is 0 Å². The number of carbonyl (C=O) groups excluding carboxylic acids is 1. The smallest absolute Gasteiger partial charge is 0.219 e. The van der Waals surface area contributed by atoms with E-state index < -0.39 is 0 Å². The second-order valence-corrected chi connectivity index (χ2v) is 6.91. The third-order valence-electron chi connectivity index (χ3n) is 5.38. The van der Waals surface area contributed by atoms with Gasteiger partial charge >= 0.3 is 0 Å². The second-order valence-electron chi connectivity index (χ2n) is 6.91. The van der Waals surface area contributed by atoms with Crippen LogP contribution < -0.4 is 0 Å². The molecule has 3 rings (SSSR count). The molecule has 2 fully saturated rings. The number of aromatic nitrogens is 2. The van der Waals surface area contributed by atoms with E-state index in [0.717, 1.165) is 52.4 Å². The molecule has 1 aromatic rings. The quantitative estimate of drug-likeness (QED) is 0.827. The monoisotopic (exact) mass is 319 g/mol. The van der Waals surface area contributed by atoms with Gasteiger partial charge in [-0.1, -0.05) is 6.92 Å². The normalized spacial score (nSPS) is 26.8. The van der Waals surface area contributed by atoms with Crippen molar-refractivity contribution >= 4 is 5.91 Å². The van der Waals surface area contributed by atoms with Crippen LogP contribution in [-0.4, -0.2) is 75.5 Å². The van der Waals surface area contributed by atoms with E-state index in [1.807, 2.05) is 11.1 Å². The largest absolute Gasteiger partial charge is 0.340 e. The van der Waals surface area contributed by atoms with Crippen LogP contribution in [0.1, 0.15) is 26.6 Å². The van der Waals surface area contributed by atoms with Crippen LogP contribution in [0.25, 0.3) is 0 Å². The fourth-order valence-corrected chi connectivity index (χ4v) is 4.00. The summed E-state index contributed by atoms with van der Waals surface area (Å²) < 4.78 is 2.23. The molecule has 0 spiro atoms. The van der Waals surface area contributed by atoms with Crippen molar-refractivity contribution in [1.82, 2.24) is 24.3 Å². The average Bonchev–Trinajstić information content (AvgIpc) is 3.14. The Labute approximate surface area is 139 Å². The summed E-state index contributed by atoms with van der Waals surface area (Å²) in [6.07, 6.45) is 3.96. The van der Waals surface area contributed by atoms with Crippen molar-refractivity contribution in [2.24, 2.45) is 5.92 Å². The maximum atomic E-state index is 11.5. The first-order valence-electron chi connectivity index (χ1n) is 8.80. The van der Waals surface area contributed by atoms with E-state index in [0.29, 0.717) is 12.0 Å². The molecule has 2 saturated heterocycles. The number of carbonyl (C=O) groups is 1. The first kappa shape index (κ1) is 16.5. The molecule has 128 valence electrons. The van der Waals surface area contributed by atoms with Crippen LogP contribution in [0.3, 0.4) is 0 Å². The summed E-state index contributed by atoms with van der Waals surface area (Å²) in [5.74, 6) is 2.04. The SMILES string of the molecule is CCn1ccnc1CN1C[C@@H](C)[C@H](N2CCN(C(C)=O)CC2)C1. The number of piperazine rings is 1. The minimum Gasteiger partial charge on any atom is -0.340 e. The van der Waals surface area contributed by atoms with Gasteiger partial charge in [-0.3, -0.25) is 14.6 Å². The molecule has 2 aliphatic rings. The lowest BCUT2D eigenvalue weighted by Crippen LogP contribution is -2.53. The Morgan fingerprint density at radius 1 is 1.26 bits per heavy atom.